The summed E-state index contributed by atoms with van der Waals surface area (Å²) in [5, 5.41) is 2.84. The van der Waals surface area contributed by atoms with Crippen molar-refractivity contribution >= 4 is 15.9 Å². The zero-order chi connectivity index (χ0) is 12.4. The lowest BCUT2D eigenvalue weighted by atomic mass is 10.1. The van der Waals surface area contributed by atoms with Crippen molar-refractivity contribution in [1.82, 2.24) is 10.3 Å². The van der Waals surface area contributed by atoms with Crippen molar-refractivity contribution in [1.29, 1.82) is 0 Å². The van der Waals surface area contributed by atoms with E-state index in [1.165, 1.54) is 18.3 Å². The molecule has 1 aromatic carbocycles. The van der Waals surface area contributed by atoms with E-state index in [4.69, 9.17) is 4.42 Å². The molecule has 0 unspecified atom stereocenters. The summed E-state index contributed by atoms with van der Waals surface area (Å²) >= 11 is 3.01. The summed E-state index contributed by atoms with van der Waals surface area (Å²) in [6, 6.07) is 2.36. The Morgan fingerprint density at radius 2 is 2.00 bits per heavy atom. The molecule has 0 bridgehead atoms. The maximum Gasteiger partial charge on any atom is 0.208 e. The number of nitrogens with one attached hydrogen (secondary N) is 1. The Labute approximate surface area is 105 Å². The lowest BCUT2D eigenvalue weighted by Crippen LogP contribution is -2.04. The van der Waals surface area contributed by atoms with Gasteiger partial charge in [-0.3, -0.25) is 0 Å². The van der Waals surface area contributed by atoms with Crippen LogP contribution in [-0.2, 0) is 6.54 Å². The summed E-state index contributed by atoms with van der Waals surface area (Å²) in [6.45, 7) is 0.403. The number of aromatic nitrogens is 1. The highest BCUT2D eigenvalue weighted by atomic mass is 79.9. The van der Waals surface area contributed by atoms with Crippen molar-refractivity contribution in [3.63, 3.8) is 0 Å². The lowest BCUT2D eigenvalue weighted by Gasteiger charge is -2.02. The summed E-state index contributed by atoms with van der Waals surface area (Å²) in [7, 11) is 1.73. The van der Waals surface area contributed by atoms with E-state index in [-0.39, 0.29) is 11.3 Å². The maximum absolute atomic E-state index is 13.6. The number of rotatable bonds is 3. The highest BCUT2D eigenvalue weighted by molar-refractivity contribution is 9.10. The van der Waals surface area contributed by atoms with Crippen molar-refractivity contribution in [3.8, 4) is 11.3 Å². The molecule has 2 aromatic rings. The molecule has 0 fully saturated rings. The minimum atomic E-state index is -0.691. The standard InChI is InChI=1S/C11H9BrF2N2O/c1-15-5-10-16-4-9(17-10)11-7(13)2-6(12)3-8(11)14/h2-4,15H,5H2,1H3. The van der Waals surface area contributed by atoms with Crippen LogP contribution in [0.5, 0.6) is 0 Å². The number of nitrogens with zero attached hydrogens (tertiary/aromatic N) is 1. The zero-order valence-corrected chi connectivity index (χ0v) is 10.5. The van der Waals surface area contributed by atoms with Gasteiger partial charge in [-0.2, -0.15) is 0 Å². The maximum atomic E-state index is 13.6. The van der Waals surface area contributed by atoms with Gasteiger partial charge in [0.15, 0.2) is 5.76 Å². The molecule has 0 saturated carbocycles. The number of hydrogen-bond acceptors (Lipinski definition) is 3. The quantitative estimate of drug-likeness (QED) is 0.947. The monoisotopic (exact) mass is 302 g/mol. The van der Waals surface area contributed by atoms with E-state index in [9.17, 15) is 8.78 Å². The molecule has 0 amide bonds. The van der Waals surface area contributed by atoms with Crippen LogP contribution < -0.4 is 5.32 Å². The molecule has 90 valence electrons. The summed E-state index contributed by atoms with van der Waals surface area (Å²) in [5.41, 5.74) is -0.206. The van der Waals surface area contributed by atoms with Gasteiger partial charge in [0, 0.05) is 4.47 Å². The molecular formula is C11H9BrF2N2O. The number of oxazole rings is 1. The van der Waals surface area contributed by atoms with Crippen LogP contribution in [0.15, 0.2) is 27.2 Å². The Kier molecular flexibility index (Phi) is 3.54. The average molecular weight is 303 g/mol. The molecule has 0 radical (unpaired) electrons. The summed E-state index contributed by atoms with van der Waals surface area (Å²) in [6.07, 6.45) is 1.31. The number of halogens is 3. The van der Waals surface area contributed by atoms with Gasteiger partial charge in [-0.1, -0.05) is 15.9 Å². The second-order valence-corrected chi connectivity index (χ2v) is 4.31. The minimum absolute atomic E-state index is 0.0813. The predicted octanol–water partition coefficient (Wildman–Crippen LogP) is 3.10. The van der Waals surface area contributed by atoms with Gasteiger partial charge in [0.2, 0.25) is 5.89 Å². The average Bonchev–Trinajstić information content (AvgIpc) is 2.65. The van der Waals surface area contributed by atoms with Crippen LogP contribution in [0.4, 0.5) is 8.78 Å². The van der Waals surface area contributed by atoms with Crippen molar-refractivity contribution in [2.24, 2.45) is 0 Å². The smallest absolute Gasteiger partial charge is 0.208 e. The molecular weight excluding hydrogens is 294 g/mol. The summed E-state index contributed by atoms with van der Waals surface area (Å²) in [4.78, 5) is 3.91. The highest BCUT2D eigenvalue weighted by Gasteiger charge is 2.16. The number of hydrogen-bond donors (Lipinski definition) is 1. The fourth-order valence-electron chi connectivity index (χ4n) is 1.44. The van der Waals surface area contributed by atoms with Gasteiger partial charge in [-0.05, 0) is 19.2 Å². The van der Waals surface area contributed by atoms with Crippen LogP contribution in [0.3, 0.4) is 0 Å². The topological polar surface area (TPSA) is 38.1 Å². The normalized spacial score (nSPS) is 10.8. The Bertz CT molecular complexity index is 519. The molecule has 3 nitrogen and oxygen atoms in total. The molecule has 6 heteroatoms. The first-order chi connectivity index (χ1) is 8.11. The van der Waals surface area contributed by atoms with E-state index in [1.807, 2.05) is 0 Å². The fourth-order valence-corrected chi connectivity index (χ4v) is 1.84. The van der Waals surface area contributed by atoms with E-state index >= 15 is 0 Å². The van der Waals surface area contributed by atoms with Gasteiger partial charge < -0.3 is 9.73 Å². The largest absolute Gasteiger partial charge is 0.439 e. The van der Waals surface area contributed by atoms with E-state index in [0.717, 1.165) is 0 Å². The molecule has 2 rings (SSSR count). The molecule has 0 saturated heterocycles. The summed E-state index contributed by atoms with van der Waals surface area (Å²) < 4.78 is 32.8. The molecule has 0 aliphatic carbocycles. The number of benzene rings is 1. The van der Waals surface area contributed by atoms with Crippen LogP contribution in [0.1, 0.15) is 5.89 Å². The molecule has 1 N–H and O–H groups in total. The van der Waals surface area contributed by atoms with Gasteiger partial charge in [-0.25, -0.2) is 13.8 Å². The van der Waals surface area contributed by atoms with Crippen LogP contribution in [0.25, 0.3) is 11.3 Å². The van der Waals surface area contributed by atoms with E-state index < -0.39 is 11.6 Å². The van der Waals surface area contributed by atoms with Gasteiger partial charge in [-0.15, -0.1) is 0 Å². The zero-order valence-electron chi connectivity index (χ0n) is 8.93. The van der Waals surface area contributed by atoms with E-state index in [0.29, 0.717) is 16.9 Å². The molecule has 1 heterocycles. The molecule has 0 aliphatic rings. The van der Waals surface area contributed by atoms with Crippen LogP contribution in [0.2, 0.25) is 0 Å². The van der Waals surface area contributed by atoms with Gasteiger partial charge in [0.05, 0.1) is 18.3 Å². The summed E-state index contributed by atoms with van der Waals surface area (Å²) in [5.74, 6) is -0.921. The van der Waals surface area contributed by atoms with Crippen molar-refractivity contribution in [2.75, 3.05) is 7.05 Å². The second kappa shape index (κ2) is 4.93. The molecule has 17 heavy (non-hydrogen) atoms. The molecule has 0 atom stereocenters. The SMILES string of the molecule is CNCc1ncc(-c2c(F)cc(Br)cc2F)o1. The third-order valence-electron chi connectivity index (χ3n) is 2.13. The Hall–Kier alpha value is -1.27. The molecule has 0 aliphatic heterocycles. The fraction of sp³-hybridized carbons (Fsp3) is 0.182. The molecule has 1 aromatic heterocycles. The van der Waals surface area contributed by atoms with Crippen LogP contribution >= 0.6 is 15.9 Å². The third-order valence-corrected chi connectivity index (χ3v) is 2.59. The van der Waals surface area contributed by atoms with Gasteiger partial charge >= 0.3 is 0 Å². The van der Waals surface area contributed by atoms with Gasteiger partial charge in [0.25, 0.3) is 0 Å². The van der Waals surface area contributed by atoms with Crippen LogP contribution in [0, 0.1) is 11.6 Å². The predicted molar refractivity (Wildman–Crippen MR) is 62.3 cm³/mol. The first-order valence-corrected chi connectivity index (χ1v) is 5.65. The Morgan fingerprint density at radius 3 is 2.59 bits per heavy atom. The highest BCUT2D eigenvalue weighted by Crippen LogP contribution is 2.29. The first-order valence-electron chi connectivity index (χ1n) is 4.86. The Balaban J connectivity index is 2.45. The second-order valence-electron chi connectivity index (χ2n) is 3.39. The van der Waals surface area contributed by atoms with Crippen molar-refractivity contribution < 1.29 is 13.2 Å². The van der Waals surface area contributed by atoms with Crippen molar-refractivity contribution in [3.05, 3.63) is 40.3 Å². The van der Waals surface area contributed by atoms with Crippen LogP contribution in [-0.4, -0.2) is 12.0 Å². The van der Waals surface area contributed by atoms with Crippen molar-refractivity contribution in [2.45, 2.75) is 6.54 Å². The molecule has 0 spiro atoms. The third kappa shape index (κ3) is 2.53. The van der Waals surface area contributed by atoms with Gasteiger partial charge in [0.1, 0.15) is 11.6 Å². The first kappa shape index (κ1) is 12.2. The lowest BCUT2D eigenvalue weighted by molar-refractivity contribution is 0.482. The Morgan fingerprint density at radius 1 is 1.35 bits per heavy atom. The van der Waals surface area contributed by atoms with E-state index in [2.05, 4.69) is 26.2 Å². The van der Waals surface area contributed by atoms with E-state index in [1.54, 1.807) is 7.05 Å². The minimum Gasteiger partial charge on any atom is -0.439 e.